The number of rotatable bonds is 5. The minimum absolute atomic E-state index is 0.0388. The van der Waals surface area contributed by atoms with Gasteiger partial charge in [0.2, 0.25) is 0 Å². The van der Waals surface area contributed by atoms with Crippen LogP contribution in [0.5, 0.6) is 5.75 Å². The van der Waals surface area contributed by atoms with E-state index in [1.807, 2.05) is 0 Å². The zero-order valence-electron chi connectivity index (χ0n) is 13.2. The molecule has 1 aromatic carbocycles. The van der Waals surface area contributed by atoms with Gasteiger partial charge in [0.25, 0.3) is 0 Å². The smallest absolute Gasteiger partial charge is 0.189 e. The zero-order chi connectivity index (χ0) is 15.5. The Hall–Kier alpha value is -1.17. The lowest BCUT2D eigenvalue weighted by molar-refractivity contribution is -0.0182. The molecule has 0 amide bonds. The summed E-state index contributed by atoms with van der Waals surface area (Å²) < 4.78 is 29.8. The molecule has 0 saturated carbocycles. The topological polar surface area (TPSA) is 30.9 Å². The van der Waals surface area contributed by atoms with E-state index < -0.39 is 0 Å². The number of fused-ring (bicyclic) bond motifs is 1. The molecule has 2 rings (SSSR count). The van der Waals surface area contributed by atoms with Crippen molar-refractivity contribution < 1.29 is 18.6 Å². The second kappa shape index (κ2) is 6.73. The van der Waals surface area contributed by atoms with Crippen molar-refractivity contribution in [1.29, 1.82) is 0 Å². The van der Waals surface area contributed by atoms with Crippen LogP contribution in [0.15, 0.2) is 12.1 Å². The summed E-state index contributed by atoms with van der Waals surface area (Å²) in [5.41, 5.74) is 1.60. The van der Waals surface area contributed by atoms with Crippen LogP contribution in [0.1, 0.15) is 31.9 Å². The van der Waals surface area contributed by atoms with Gasteiger partial charge in [0.15, 0.2) is 6.79 Å². The Kier molecular flexibility index (Phi) is 5.19. The maximum Gasteiger partial charge on any atom is 0.189 e. The molecule has 5 heteroatoms. The van der Waals surface area contributed by atoms with Crippen molar-refractivity contribution in [3.05, 3.63) is 29.1 Å². The number of hydrogen-bond acceptors (Lipinski definition) is 4. The molecule has 1 aromatic rings. The first-order chi connectivity index (χ1) is 9.91. The monoisotopic (exact) mass is 297 g/mol. The van der Waals surface area contributed by atoms with E-state index in [1.165, 1.54) is 6.07 Å². The Bertz CT molecular complexity index is 485. The van der Waals surface area contributed by atoms with E-state index in [1.54, 1.807) is 13.2 Å². The largest absolute Gasteiger partial charge is 0.467 e. The van der Waals surface area contributed by atoms with Crippen LogP contribution in [-0.2, 0) is 22.6 Å². The van der Waals surface area contributed by atoms with Crippen LogP contribution in [-0.4, -0.2) is 37.5 Å². The summed E-state index contributed by atoms with van der Waals surface area (Å²) in [5, 5.41) is 0. The molecule has 0 saturated heterocycles. The lowest BCUT2D eigenvalue weighted by atomic mass is 10.0. The van der Waals surface area contributed by atoms with Crippen LogP contribution < -0.4 is 4.74 Å². The predicted molar refractivity (Wildman–Crippen MR) is 78.7 cm³/mol. The molecule has 0 atom stereocenters. The number of halogens is 1. The van der Waals surface area contributed by atoms with Crippen LogP contribution in [0.2, 0.25) is 0 Å². The third kappa shape index (κ3) is 4.15. The highest BCUT2D eigenvalue weighted by atomic mass is 19.1. The summed E-state index contributed by atoms with van der Waals surface area (Å²) in [4.78, 5) is 2.25. The number of benzene rings is 1. The lowest BCUT2D eigenvalue weighted by Crippen LogP contribution is -2.42. The molecule has 0 bridgehead atoms. The van der Waals surface area contributed by atoms with Crippen molar-refractivity contribution in [1.82, 2.24) is 4.90 Å². The molecule has 0 aromatic heterocycles. The van der Waals surface area contributed by atoms with E-state index in [-0.39, 0.29) is 18.1 Å². The van der Waals surface area contributed by atoms with Crippen molar-refractivity contribution >= 4 is 0 Å². The molecule has 0 spiro atoms. The quantitative estimate of drug-likeness (QED) is 0.836. The highest BCUT2D eigenvalue weighted by Crippen LogP contribution is 2.31. The summed E-state index contributed by atoms with van der Waals surface area (Å²) in [6.45, 7) is 9.06. The Morgan fingerprint density at radius 2 is 2.10 bits per heavy atom. The lowest BCUT2D eigenvalue weighted by Gasteiger charge is -2.36. The molecule has 1 aliphatic heterocycles. The van der Waals surface area contributed by atoms with Crippen LogP contribution in [0.3, 0.4) is 0 Å². The van der Waals surface area contributed by atoms with Crippen LogP contribution >= 0.6 is 0 Å². The molecular weight excluding hydrogens is 273 g/mol. The van der Waals surface area contributed by atoms with Crippen molar-refractivity contribution in [2.75, 3.05) is 27.1 Å². The first-order valence-corrected chi connectivity index (χ1v) is 7.17. The third-order valence-corrected chi connectivity index (χ3v) is 3.63. The minimum Gasteiger partial charge on any atom is -0.467 e. The van der Waals surface area contributed by atoms with Gasteiger partial charge >= 0.3 is 0 Å². The summed E-state index contributed by atoms with van der Waals surface area (Å²) in [6.07, 6.45) is 0. The predicted octanol–water partition coefficient (Wildman–Crippen LogP) is 2.94. The van der Waals surface area contributed by atoms with Gasteiger partial charge in [0.05, 0.1) is 13.2 Å². The van der Waals surface area contributed by atoms with E-state index >= 15 is 0 Å². The van der Waals surface area contributed by atoms with E-state index in [0.29, 0.717) is 19.8 Å². The third-order valence-electron chi connectivity index (χ3n) is 3.63. The molecule has 0 N–H and O–H groups in total. The van der Waals surface area contributed by atoms with E-state index in [2.05, 4.69) is 25.7 Å². The van der Waals surface area contributed by atoms with Crippen molar-refractivity contribution in [3.8, 4) is 5.75 Å². The Morgan fingerprint density at radius 1 is 1.33 bits per heavy atom. The molecule has 0 aliphatic carbocycles. The Morgan fingerprint density at radius 3 is 2.76 bits per heavy atom. The number of ether oxygens (including phenoxy) is 3. The summed E-state index contributed by atoms with van der Waals surface area (Å²) in [7, 11) is 1.69. The molecule has 0 fully saturated rings. The van der Waals surface area contributed by atoms with Gasteiger partial charge in [-0.15, -0.1) is 0 Å². The molecule has 1 heterocycles. The van der Waals surface area contributed by atoms with Crippen molar-refractivity contribution in [2.45, 2.75) is 39.5 Å². The van der Waals surface area contributed by atoms with E-state index in [4.69, 9.17) is 14.2 Å². The standard InChI is InChI=1S/C16H24FNO3/c1-16(2,3)18(5-6-19-4)9-12-7-14(17)8-13-10-20-11-21-15(12)13/h7-8H,5-6,9-11H2,1-4H3. The number of methoxy groups -OCH3 is 1. The highest BCUT2D eigenvalue weighted by molar-refractivity contribution is 5.42. The van der Waals surface area contributed by atoms with Crippen LogP contribution in [0.4, 0.5) is 4.39 Å². The second-order valence-electron chi connectivity index (χ2n) is 6.25. The van der Waals surface area contributed by atoms with Gasteiger partial charge in [-0.3, -0.25) is 4.90 Å². The fourth-order valence-electron chi connectivity index (χ4n) is 2.43. The maximum atomic E-state index is 13.8. The molecule has 0 unspecified atom stereocenters. The van der Waals surface area contributed by atoms with Gasteiger partial charge < -0.3 is 14.2 Å². The average molecular weight is 297 g/mol. The first-order valence-electron chi connectivity index (χ1n) is 7.17. The molecule has 1 aliphatic rings. The Balaban J connectivity index is 2.25. The van der Waals surface area contributed by atoms with Gasteiger partial charge in [-0.25, -0.2) is 4.39 Å². The van der Waals surface area contributed by atoms with E-state index in [0.717, 1.165) is 23.4 Å². The summed E-state index contributed by atoms with van der Waals surface area (Å²) >= 11 is 0. The summed E-state index contributed by atoms with van der Waals surface area (Å²) in [6, 6.07) is 3.03. The van der Waals surface area contributed by atoms with Gasteiger partial charge in [-0.1, -0.05) is 0 Å². The Labute approximate surface area is 125 Å². The molecular formula is C16H24FNO3. The molecule has 21 heavy (non-hydrogen) atoms. The molecule has 4 nitrogen and oxygen atoms in total. The summed E-state index contributed by atoms with van der Waals surface area (Å²) in [5.74, 6) is 0.507. The number of hydrogen-bond donors (Lipinski definition) is 0. The molecule has 118 valence electrons. The zero-order valence-corrected chi connectivity index (χ0v) is 13.2. The van der Waals surface area contributed by atoms with Crippen LogP contribution in [0.25, 0.3) is 0 Å². The minimum atomic E-state index is -0.251. The van der Waals surface area contributed by atoms with Crippen molar-refractivity contribution in [2.24, 2.45) is 0 Å². The fraction of sp³-hybridized carbons (Fsp3) is 0.625. The number of nitrogens with zero attached hydrogens (tertiary/aromatic N) is 1. The first kappa shape index (κ1) is 16.2. The highest BCUT2D eigenvalue weighted by Gasteiger charge is 2.24. The van der Waals surface area contributed by atoms with E-state index in [9.17, 15) is 4.39 Å². The normalized spacial score (nSPS) is 15.0. The van der Waals surface area contributed by atoms with Gasteiger partial charge in [0.1, 0.15) is 11.6 Å². The van der Waals surface area contributed by atoms with Gasteiger partial charge in [-0.05, 0) is 32.9 Å². The molecule has 0 radical (unpaired) electrons. The average Bonchev–Trinajstić information content (AvgIpc) is 2.41. The van der Waals surface area contributed by atoms with Gasteiger partial charge in [-0.2, -0.15) is 0 Å². The van der Waals surface area contributed by atoms with Crippen molar-refractivity contribution in [3.63, 3.8) is 0 Å². The maximum absolute atomic E-state index is 13.8. The van der Waals surface area contributed by atoms with Gasteiger partial charge in [0, 0.05) is 36.9 Å². The fourth-order valence-corrected chi connectivity index (χ4v) is 2.43. The second-order valence-corrected chi connectivity index (χ2v) is 6.25. The SMILES string of the molecule is COCCN(Cc1cc(F)cc2c1OCOC2)C(C)(C)C. The van der Waals surface area contributed by atoms with Crippen LogP contribution in [0, 0.1) is 5.82 Å².